The van der Waals surface area contributed by atoms with E-state index in [-0.39, 0.29) is 0 Å². The van der Waals surface area contributed by atoms with Gasteiger partial charge in [0.15, 0.2) is 0 Å². The fourth-order valence-electron chi connectivity index (χ4n) is 0.754. The maximum absolute atomic E-state index is 10.9. The number of nitrogen functional groups attached to an aromatic ring is 1. The van der Waals surface area contributed by atoms with Crippen molar-refractivity contribution in [2.75, 3.05) is 11.1 Å². The molecule has 0 unspecified atom stereocenters. The number of amides is 2. The topological polar surface area (TPSA) is 110 Å². The van der Waals surface area contributed by atoms with Crippen molar-refractivity contribution in [2.24, 2.45) is 11.7 Å². The third-order valence-electron chi connectivity index (χ3n) is 1.40. The van der Waals surface area contributed by atoms with E-state index in [1.54, 1.807) is 24.3 Å². The zero-order chi connectivity index (χ0) is 9.84. The second kappa shape index (κ2) is 3.74. The predicted octanol–water partition coefficient (Wildman–Crippen LogP) is -0.150. The third-order valence-corrected chi connectivity index (χ3v) is 1.40. The van der Waals surface area contributed by atoms with Gasteiger partial charge in [0.05, 0.1) is 0 Å². The summed E-state index contributed by atoms with van der Waals surface area (Å²) in [7, 11) is 0. The fourth-order valence-corrected chi connectivity index (χ4v) is 0.754. The highest BCUT2D eigenvalue weighted by Crippen LogP contribution is 2.10. The largest absolute Gasteiger partial charge is 0.399 e. The molecule has 6 nitrogen and oxygen atoms in total. The van der Waals surface area contributed by atoms with Crippen LogP contribution in [0, 0.1) is 0 Å². The van der Waals surface area contributed by atoms with E-state index in [4.69, 9.17) is 17.4 Å². The van der Waals surface area contributed by atoms with E-state index in [0.717, 1.165) is 0 Å². The number of urea groups is 1. The van der Waals surface area contributed by atoms with Gasteiger partial charge in [-0.15, -0.1) is 0 Å². The average Bonchev–Trinajstić information content (AvgIpc) is 2.08. The van der Waals surface area contributed by atoms with Crippen LogP contribution < -0.4 is 22.7 Å². The summed E-state index contributed by atoms with van der Waals surface area (Å²) in [4.78, 5) is 10.9. The van der Waals surface area contributed by atoms with Crippen molar-refractivity contribution in [3.8, 4) is 0 Å². The molecule has 13 heavy (non-hydrogen) atoms. The Hall–Kier alpha value is -1.79. The van der Waals surface area contributed by atoms with Gasteiger partial charge in [-0.2, -0.15) is 5.12 Å². The number of hydrazine groups is 2. The average molecular weight is 181 g/mol. The molecule has 6 heteroatoms. The summed E-state index contributed by atoms with van der Waals surface area (Å²) < 4.78 is 0. The number of nitrogens with two attached hydrogens (primary N) is 3. The molecular formula is C7H11N5O. The van der Waals surface area contributed by atoms with E-state index in [1.807, 2.05) is 0 Å². The van der Waals surface area contributed by atoms with Gasteiger partial charge >= 0.3 is 6.03 Å². The third kappa shape index (κ3) is 2.62. The van der Waals surface area contributed by atoms with Crippen molar-refractivity contribution in [2.45, 2.75) is 0 Å². The number of anilines is 2. The summed E-state index contributed by atoms with van der Waals surface area (Å²) in [6.07, 6.45) is 0. The maximum atomic E-state index is 10.9. The molecule has 1 rings (SSSR count). The number of nitrogens with zero attached hydrogens (tertiary/aromatic N) is 1. The summed E-state index contributed by atoms with van der Waals surface area (Å²) >= 11 is 0. The molecule has 0 saturated heterocycles. The fraction of sp³-hybridized carbons (Fsp3) is 0. The zero-order valence-electron chi connectivity index (χ0n) is 6.90. The zero-order valence-corrected chi connectivity index (χ0v) is 6.90. The van der Waals surface area contributed by atoms with E-state index < -0.39 is 6.03 Å². The first-order valence-corrected chi connectivity index (χ1v) is 3.55. The Morgan fingerprint density at radius 2 is 1.77 bits per heavy atom. The Kier molecular flexibility index (Phi) is 2.68. The SMILES string of the molecule is Nc1ccc(NC(=O)N(N)N)cc1. The van der Waals surface area contributed by atoms with Gasteiger partial charge in [0.1, 0.15) is 0 Å². The van der Waals surface area contributed by atoms with Crippen LogP contribution in [0.25, 0.3) is 0 Å². The molecule has 7 N–H and O–H groups in total. The van der Waals surface area contributed by atoms with Gasteiger partial charge in [0.25, 0.3) is 0 Å². The molecule has 0 bridgehead atoms. The Morgan fingerprint density at radius 1 is 1.23 bits per heavy atom. The molecule has 2 amide bonds. The molecular weight excluding hydrogens is 170 g/mol. The molecule has 0 fully saturated rings. The standard InChI is InChI=1S/C7H11N5O/c8-5-1-3-6(4-2-5)11-7(13)12(9)10/h1-4H,8-10H2,(H,11,13). The molecule has 0 saturated carbocycles. The Bertz CT molecular complexity index is 294. The van der Waals surface area contributed by atoms with Crippen LogP contribution in [0.4, 0.5) is 16.2 Å². The second-order valence-electron chi connectivity index (χ2n) is 2.46. The van der Waals surface area contributed by atoms with Crippen LogP contribution in [0.15, 0.2) is 24.3 Å². The molecule has 0 aliphatic carbocycles. The van der Waals surface area contributed by atoms with Crippen molar-refractivity contribution >= 4 is 17.4 Å². The van der Waals surface area contributed by atoms with Crippen molar-refractivity contribution in [1.82, 2.24) is 5.12 Å². The van der Waals surface area contributed by atoms with Crippen LogP contribution >= 0.6 is 0 Å². The van der Waals surface area contributed by atoms with Crippen molar-refractivity contribution in [3.63, 3.8) is 0 Å². The summed E-state index contributed by atoms with van der Waals surface area (Å²) in [5.41, 5.74) is 6.65. The van der Waals surface area contributed by atoms with Crippen LogP contribution in [0.1, 0.15) is 0 Å². The van der Waals surface area contributed by atoms with Crippen LogP contribution in [-0.4, -0.2) is 11.1 Å². The van der Waals surface area contributed by atoms with Gasteiger partial charge in [-0.1, -0.05) is 0 Å². The van der Waals surface area contributed by atoms with Crippen LogP contribution in [0.2, 0.25) is 0 Å². The van der Waals surface area contributed by atoms with E-state index in [0.29, 0.717) is 16.5 Å². The van der Waals surface area contributed by atoms with Crippen molar-refractivity contribution < 1.29 is 4.79 Å². The van der Waals surface area contributed by atoms with Crippen LogP contribution in [0.3, 0.4) is 0 Å². The van der Waals surface area contributed by atoms with E-state index in [2.05, 4.69) is 5.32 Å². The molecule has 0 spiro atoms. The molecule has 0 aliphatic rings. The number of carbonyl (C=O) groups excluding carboxylic acids is 1. The van der Waals surface area contributed by atoms with Gasteiger partial charge in [-0.25, -0.2) is 16.5 Å². The van der Waals surface area contributed by atoms with Crippen molar-refractivity contribution in [1.29, 1.82) is 0 Å². The lowest BCUT2D eigenvalue weighted by Gasteiger charge is -2.10. The van der Waals surface area contributed by atoms with Gasteiger partial charge in [0, 0.05) is 11.4 Å². The lowest BCUT2D eigenvalue weighted by Crippen LogP contribution is -2.45. The first-order chi connectivity index (χ1) is 6.09. The number of nitrogens with one attached hydrogen (secondary N) is 1. The highest BCUT2D eigenvalue weighted by molar-refractivity contribution is 5.88. The number of hydrogen-bond acceptors (Lipinski definition) is 4. The van der Waals surface area contributed by atoms with Crippen LogP contribution in [0.5, 0.6) is 0 Å². The number of hydrogen-bond donors (Lipinski definition) is 4. The minimum atomic E-state index is -0.593. The minimum Gasteiger partial charge on any atom is -0.399 e. The van der Waals surface area contributed by atoms with Gasteiger partial charge in [0.2, 0.25) is 0 Å². The molecule has 1 aromatic rings. The molecule has 0 atom stereocenters. The highest BCUT2D eigenvalue weighted by Gasteiger charge is 2.03. The molecule has 0 aromatic heterocycles. The molecule has 0 radical (unpaired) electrons. The van der Waals surface area contributed by atoms with Crippen molar-refractivity contribution in [3.05, 3.63) is 24.3 Å². The van der Waals surface area contributed by atoms with E-state index >= 15 is 0 Å². The molecule has 0 aliphatic heterocycles. The van der Waals surface area contributed by atoms with Gasteiger partial charge < -0.3 is 11.1 Å². The smallest absolute Gasteiger partial charge is 0.350 e. The Labute approximate surface area is 75.2 Å². The minimum absolute atomic E-state index is 0.469. The predicted molar refractivity (Wildman–Crippen MR) is 50.1 cm³/mol. The van der Waals surface area contributed by atoms with Gasteiger partial charge in [-0.05, 0) is 24.3 Å². The first kappa shape index (κ1) is 9.30. The first-order valence-electron chi connectivity index (χ1n) is 3.55. The van der Waals surface area contributed by atoms with E-state index in [9.17, 15) is 4.79 Å². The molecule has 1 aromatic carbocycles. The number of benzene rings is 1. The number of carbonyl (C=O) groups is 1. The summed E-state index contributed by atoms with van der Waals surface area (Å²) in [6, 6.07) is 6.03. The summed E-state index contributed by atoms with van der Waals surface area (Å²) in [5.74, 6) is 9.98. The van der Waals surface area contributed by atoms with E-state index in [1.165, 1.54) is 0 Å². The molecule has 0 heterocycles. The normalized spacial score (nSPS) is 9.38. The monoisotopic (exact) mass is 181 g/mol. The Balaban J connectivity index is 2.65. The number of rotatable bonds is 1. The Morgan fingerprint density at radius 3 is 2.23 bits per heavy atom. The summed E-state index contributed by atoms with van der Waals surface area (Å²) in [6.45, 7) is 0. The summed E-state index contributed by atoms with van der Waals surface area (Å²) in [5, 5.41) is 2.92. The quantitative estimate of drug-likeness (QED) is 0.209. The lowest BCUT2D eigenvalue weighted by molar-refractivity contribution is 0.214. The van der Waals surface area contributed by atoms with Gasteiger partial charge in [-0.3, -0.25) is 0 Å². The maximum Gasteiger partial charge on any atom is 0.350 e. The second-order valence-corrected chi connectivity index (χ2v) is 2.46. The molecule has 70 valence electrons. The van der Waals surface area contributed by atoms with Crippen LogP contribution in [-0.2, 0) is 0 Å². The highest BCUT2D eigenvalue weighted by atomic mass is 16.2. The lowest BCUT2D eigenvalue weighted by atomic mass is 10.3.